The van der Waals surface area contributed by atoms with Gasteiger partial charge in [0.25, 0.3) is 0 Å². The van der Waals surface area contributed by atoms with Crippen LogP contribution >= 0.6 is 11.6 Å². The molecule has 1 amide bonds. The number of rotatable bonds is 9. The highest BCUT2D eigenvalue weighted by Crippen LogP contribution is 2.33. The summed E-state index contributed by atoms with van der Waals surface area (Å²) in [7, 11) is -3.21. The lowest BCUT2D eigenvalue weighted by Crippen LogP contribution is -2.57. The second-order valence-corrected chi connectivity index (χ2v) is 13.9. The number of amides is 1. The van der Waals surface area contributed by atoms with Crippen LogP contribution in [0.15, 0.2) is 24.3 Å². The van der Waals surface area contributed by atoms with Crippen LogP contribution in [-0.4, -0.2) is 66.8 Å². The lowest BCUT2D eigenvalue weighted by molar-refractivity contribution is -0.128. The maximum Gasteiger partial charge on any atom is 0.240 e. The van der Waals surface area contributed by atoms with Crippen LogP contribution in [0, 0.1) is 11.8 Å². The van der Waals surface area contributed by atoms with Crippen molar-refractivity contribution in [3.05, 3.63) is 34.9 Å². The monoisotopic (exact) mass is 554 g/mol. The van der Waals surface area contributed by atoms with E-state index in [1.54, 1.807) is 4.31 Å². The summed E-state index contributed by atoms with van der Waals surface area (Å²) in [5.74, 6) is 0.211. The molecule has 37 heavy (non-hydrogen) atoms. The van der Waals surface area contributed by atoms with Gasteiger partial charge in [0.1, 0.15) is 6.04 Å². The number of piperazine rings is 1. The molecule has 1 aromatic carbocycles. The fourth-order valence-corrected chi connectivity index (χ4v) is 8.55. The molecule has 3 fully saturated rings. The minimum Gasteiger partial charge on any atom is -0.352 e. The number of fused-ring (bicyclic) bond motifs is 2. The van der Waals surface area contributed by atoms with E-state index in [1.807, 2.05) is 38.1 Å². The maximum absolute atomic E-state index is 13.5. The van der Waals surface area contributed by atoms with E-state index in [0.29, 0.717) is 24.5 Å². The Morgan fingerprint density at radius 3 is 2.57 bits per heavy atom. The van der Waals surface area contributed by atoms with Gasteiger partial charge in [0.2, 0.25) is 15.9 Å². The van der Waals surface area contributed by atoms with Gasteiger partial charge in [-0.1, -0.05) is 50.4 Å². The van der Waals surface area contributed by atoms with E-state index in [-0.39, 0.29) is 47.5 Å². The van der Waals surface area contributed by atoms with Crippen molar-refractivity contribution in [2.75, 3.05) is 18.8 Å². The molecule has 1 aromatic rings. The molecule has 3 aliphatic rings. The van der Waals surface area contributed by atoms with Crippen molar-refractivity contribution in [2.45, 2.75) is 95.3 Å². The molecule has 1 aliphatic carbocycles. The summed E-state index contributed by atoms with van der Waals surface area (Å²) in [5, 5.41) is 17.5. The molecule has 0 radical (unpaired) electrons. The van der Waals surface area contributed by atoms with Gasteiger partial charge in [-0.15, -0.1) is 0 Å². The number of hydrogen-bond donors (Lipinski definition) is 4. The number of carbonyl (C=O) groups excluding carboxylic acids is 1. The Morgan fingerprint density at radius 2 is 1.86 bits per heavy atom. The zero-order valence-corrected chi connectivity index (χ0v) is 23.6. The van der Waals surface area contributed by atoms with E-state index in [4.69, 9.17) is 11.6 Å². The first kappa shape index (κ1) is 28.8. The molecular formula is C27H43ClN4O4S. The number of hydrogen-bond acceptors (Lipinski definition) is 6. The molecule has 1 saturated carbocycles. The molecule has 8 nitrogen and oxygen atoms in total. The number of benzene rings is 1. The van der Waals surface area contributed by atoms with Crippen molar-refractivity contribution in [3.63, 3.8) is 0 Å². The number of nitrogens with one attached hydrogen (secondary N) is 3. The Kier molecular flexibility index (Phi) is 9.91. The minimum absolute atomic E-state index is 0.0140. The molecule has 0 aromatic heterocycles. The average Bonchev–Trinajstić information content (AvgIpc) is 2.98. The van der Waals surface area contributed by atoms with Gasteiger partial charge in [-0.05, 0) is 68.1 Å². The van der Waals surface area contributed by atoms with Crippen molar-refractivity contribution >= 4 is 27.5 Å². The Labute approximate surface area is 226 Å². The molecule has 4 rings (SSSR count). The molecular weight excluding hydrogens is 512 g/mol. The molecule has 7 atom stereocenters. The van der Waals surface area contributed by atoms with Crippen molar-refractivity contribution in [1.82, 2.24) is 20.4 Å². The minimum atomic E-state index is -3.21. The van der Waals surface area contributed by atoms with Gasteiger partial charge < -0.3 is 15.8 Å². The van der Waals surface area contributed by atoms with Gasteiger partial charge in [-0.2, -0.15) is 9.79 Å². The molecule has 208 valence electrons. The van der Waals surface area contributed by atoms with E-state index < -0.39 is 16.1 Å². The molecule has 4 N–H and O–H groups in total. The molecule has 1 unspecified atom stereocenters. The van der Waals surface area contributed by atoms with E-state index in [2.05, 4.69) is 16.1 Å². The molecule has 2 aliphatic heterocycles. The molecule has 2 heterocycles. The third kappa shape index (κ3) is 7.05. The normalized spacial score (nSPS) is 31.3. The van der Waals surface area contributed by atoms with Crippen LogP contribution in [0.5, 0.6) is 0 Å². The zero-order chi connectivity index (χ0) is 26.6. The van der Waals surface area contributed by atoms with E-state index in [1.165, 1.54) is 0 Å². The van der Waals surface area contributed by atoms with Gasteiger partial charge in [0, 0.05) is 42.2 Å². The van der Waals surface area contributed by atoms with Crippen molar-refractivity contribution in [1.29, 1.82) is 0 Å². The Bertz CT molecular complexity index is 1010. The van der Waals surface area contributed by atoms with Crippen molar-refractivity contribution < 1.29 is 18.4 Å². The second-order valence-electron chi connectivity index (χ2n) is 11.5. The standard InChI is InChI=1S/C27H43ClN4O4S/c1-18(2)25(20-9-12-21(28)13-10-20)26(31-34)27(33)30-24-8-4-3-6-19(24)11-14-23-16-29-22-7-5-15-37(35,36)32(23)17-22/h9-10,12-13,18-19,22-26,29,31,34H,3-8,11,14-17H2,1-2H3,(H,30,33)/t19-,22-,23+,24+,25-,26+/m1/s1. The van der Waals surface area contributed by atoms with Crippen LogP contribution < -0.4 is 16.1 Å². The lowest BCUT2D eigenvalue weighted by atomic mass is 9.79. The Balaban J connectivity index is 1.41. The summed E-state index contributed by atoms with van der Waals surface area (Å²) < 4.78 is 27.5. The lowest BCUT2D eigenvalue weighted by Gasteiger charge is -2.39. The summed E-state index contributed by atoms with van der Waals surface area (Å²) in [5.41, 5.74) is 3.24. The summed E-state index contributed by atoms with van der Waals surface area (Å²) in [4.78, 5) is 13.5. The number of halogens is 1. The van der Waals surface area contributed by atoms with Gasteiger partial charge in [-0.25, -0.2) is 8.42 Å². The van der Waals surface area contributed by atoms with Gasteiger partial charge >= 0.3 is 0 Å². The summed E-state index contributed by atoms with van der Waals surface area (Å²) in [6.07, 6.45) is 7.37. The highest BCUT2D eigenvalue weighted by Gasteiger charge is 2.39. The first-order valence-corrected chi connectivity index (χ1v) is 15.9. The van der Waals surface area contributed by atoms with Crippen LogP contribution in [0.2, 0.25) is 5.02 Å². The number of sulfonamides is 1. The fraction of sp³-hybridized carbons (Fsp3) is 0.741. The number of nitrogens with zero attached hydrogens (tertiary/aromatic N) is 1. The largest absolute Gasteiger partial charge is 0.352 e. The molecule has 0 spiro atoms. The third-order valence-electron chi connectivity index (χ3n) is 8.62. The highest BCUT2D eigenvalue weighted by molar-refractivity contribution is 7.89. The summed E-state index contributed by atoms with van der Waals surface area (Å²) in [6, 6.07) is 6.89. The van der Waals surface area contributed by atoms with Gasteiger partial charge in [0.15, 0.2) is 0 Å². The van der Waals surface area contributed by atoms with Crippen LogP contribution in [0.1, 0.15) is 76.7 Å². The fourth-order valence-electron chi connectivity index (χ4n) is 6.62. The van der Waals surface area contributed by atoms with Crippen LogP contribution in [-0.2, 0) is 14.8 Å². The highest BCUT2D eigenvalue weighted by atomic mass is 35.5. The quantitative estimate of drug-likeness (QED) is 0.347. The van der Waals surface area contributed by atoms with E-state index in [9.17, 15) is 18.4 Å². The topological polar surface area (TPSA) is 111 Å². The predicted molar refractivity (Wildman–Crippen MR) is 146 cm³/mol. The zero-order valence-electron chi connectivity index (χ0n) is 22.0. The molecule has 10 heteroatoms. The average molecular weight is 555 g/mol. The number of carbonyl (C=O) groups is 1. The second kappa shape index (κ2) is 12.7. The van der Waals surface area contributed by atoms with E-state index >= 15 is 0 Å². The van der Waals surface area contributed by atoms with Gasteiger partial charge in [-0.3, -0.25) is 4.79 Å². The van der Waals surface area contributed by atoms with Crippen LogP contribution in [0.3, 0.4) is 0 Å². The summed E-state index contributed by atoms with van der Waals surface area (Å²) in [6.45, 7) is 5.35. The smallest absolute Gasteiger partial charge is 0.240 e. The Hall–Kier alpha value is -1.23. The molecule has 2 bridgehead atoms. The van der Waals surface area contributed by atoms with Crippen molar-refractivity contribution in [2.24, 2.45) is 11.8 Å². The summed E-state index contributed by atoms with van der Waals surface area (Å²) >= 11 is 6.07. The number of hydroxylamine groups is 1. The first-order valence-electron chi connectivity index (χ1n) is 13.9. The molecule has 2 saturated heterocycles. The van der Waals surface area contributed by atoms with Crippen LogP contribution in [0.25, 0.3) is 0 Å². The van der Waals surface area contributed by atoms with E-state index in [0.717, 1.165) is 50.5 Å². The van der Waals surface area contributed by atoms with Gasteiger partial charge in [0.05, 0.1) is 5.75 Å². The first-order chi connectivity index (χ1) is 17.7. The predicted octanol–water partition coefficient (Wildman–Crippen LogP) is 3.65. The maximum atomic E-state index is 13.5. The van der Waals surface area contributed by atoms with Crippen LogP contribution in [0.4, 0.5) is 0 Å². The SMILES string of the molecule is CC(C)[C@H](c1ccc(Cl)cc1)[C@H](NO)C(=O)N[C@H]1CCCC[C@@H]1CC[C@H]1CN[C@@H]2CCCS(=O)(=O)N1C2. The van der Waals surface area contributed by atoms with Crippen molar-refractivity contribution in [3.8, 4) is 0 Å². The Morgan fingerprint density at radius 1 is 1.14 bits per heavy atom. The third-order valence-corrected chi connectivity index (χ3v) is 10.8.